The fraction of sp³-hybridized carbons (Fsp3) is 0.727. The van der Waals surface area contributed by atoms with Gasteiger partial charge in [0.25, 0.3) is 5.16 Å². The summed E-state index contributed by atoms with van der Waals surface area (Å²) < 4.78 is 26.0. The summed E-state index contributed by atoms with van der Waals surface area (Å²) in [5, 5.41) is 16.2. The number of sulfone groups is 1. The molecule has 0 aliphatic heterocycles. The average Bonchev–Trinajstić information content (AvgIpc) is 2.74. The Labute approximate surface area is 113 Å². The van der Waals surface area contributed by atoms with E-state index in [0.29, 0.717) is 12.4 Å². The number of nitrogens with zero attached hydrogens (tertiary/aromatic N) is 5. The smallest absolute Gasteiger partial charge is 0.251 e. The number of hydrogen-bond donors (Lipinski definition) is 0. The van der Waals surface area contributed by atoms with E-state index in [9.17, 15) is 8.42 Å². The Balaban J connectivity index is 3.17. The molecule has 8 heteroatoms. The average molecular weight is 285 g/mol. The fourth-order valence-electron chi connectivity index (χ4n) is 1.67. The normalized spacial score (nSPS) is 11.6. The van der Waals surface area contributed by atoms with Gasteiger partial charge in [0.2, 0.25) is 15.8 Å². The Morgan fingerprint density at radius 1 is 1.37 bits per heavy atom. The quantitative estimate of drug-likeness (QED) is 0.724. The maximum atomic E-state index is 12.2. The van der Waals surface area contributed by atoms with Gasteiger partial charge < -0.3 is 4.90 Å². The van der Waals surface area contributed by atoms with E-state index in [1.165, 1.54) is 0 Å². The molecule has 1 aromatic heterocycles. The van der Waals surface area contributed by atoms with Gasteiger partial charge in [-0.25, -0.2) is 8.42 Å². The van der Waals surface area contributed by atoms with E-state index in [4.69, 9.17) is 5.26 Å². The second kappa shape index (κ2) is 6.02. The molecule has 1 rings (SSSR count). The van der Waals surface area contributed by atoms with E-state index >= 15 is 0 Å². The van der Waals surface area contributed by atoms with Crippen LogP contribution in [0.1, 0.15) is 32.7 Å². The molecular weight excluding hydrogens is 266 g/mol. The minimum Gasteiger partial charge on any atom is -0.347 e. The molecule has 0 amide bonds. The molecule has 0 aliphatic rings. The van der Waals surface area contributed by atoms with Gasteiger partial charge in [-0.1, -0.05) is 0 Å². The Morgan fingerprint density at radius 3 is 2.47 bits per heavy atom. The van der Waals surface area contributed by atoms with Crippen molar-refractivity contribution in [2.75, 3.05) is 24.7 Å². The van der Waals surface area contributed by atoms with Crippen molar-refractivity contribution in [1.29, 1.82) is 5.26 Å². The summed E-state index contributed by atoms with van der Waals surface area (Å²) in [6.45, 7) is 3.76. The van der Waals surface area contributed by atoms with Crippen LogP contribution in [-0.4, -0.2) is 43.0 Å². The Morgan fingerprint density at radius 2 is 2.00 bits per heavy atom. The van der Waals surface area contributed by atoms with E-state index in [1.807, 2.05) is 19.9 Å². The lowest BCUT2D eigenvalue weighted by molar-refractivity contribution is 0.519. The summed E-state index contributed by atoms with van der Waals surface area (Å²) in [5.74, 6) is 0.424. The summed E-state index contributed by atoms with van der Waals surface area (Å²) >= 11 is 0. The number of aromatic nitrogens is 3. The molecule has 0 aromatic carbocycles. The minimum atomic E-state index is -3.51. The van der Waals surface area contributed by atoms with E-state index in [-0.39, 0.29) is 23.4 Å². The maximum Gasteiger partial charge on any atom is 0.251 e. The van der Waals surface area contributed by atoms with E-state index in [1.54, 1.807) is 23.6 Å². The van der Waals surface area contributed by atoms with Crippen molar-refractivity contribution in [2.45, 2.75) is 37.9 Å². The van der Waals surface area contributed by atoms with Gasteiger partial charge in [-0.15, -0.1) is 10.2 Å². The second-order valence-electron chi connectivity index (χ2n) is 4.72. The van der Waals surface area contributed by atoms with Gasteiger partial charge in [-0.2, -0.15) is 5.26 Å². The monoisotopic (exact) mass is 285 g/mol. The van der Waals surface area contributed by atoms with Crippen molar-refractivity contribution in [2.24, 2.45) is 0 Å². The van der Waals surface area contributed by atoms with Crippen LogP contribution in [0.3, 0.4) is 0 Å². The first-order valence-corrected chi connectivity index (χ1v) is 7.68. The third-order valence-electron chi connectivity index (χ3n) is 2.54. The van der Waals surface area contributed by atoms with Crippen molar-refractivity contribution in [3.63, 3.8) is 0 Å². The van der Waals surface area contributed by atoms with Gasteiger partial charge in [0.15, 0.2) is 0 Å². The molecule has 7 nitrogen and oxygen atoms in total. The van der Waals surface area contributed by atoms with Crippen LogP contribution in [0, 0.1) is 11.3 Å². The highest BCUT2D eigenvalue weighted by Gasteiger charge is 2.26. The first kappa shape index (κ1) is 15.4. The molecule has 1 heterocycles. The number of rotatable bonds is 6. The zero-order chi connectivity index (χ0) is 14.6. The molecule has 0 radical (unpaired) electrons. The first-order chi connectivity index (χ1) is 8.81. The largest absolute Gasteiger partial charge is 0.347 e. The zero-order valence-corrected chi connectivity index (χ0v) is 12.5. The molecule has 106 valence electrons. The Hall–Kier alpha value is -1.62. The van der Waals surface area contributed by atoms with Gasteiger partial charge in [-0.3, -0.25) is 4.57 Å². The van der Waals surface area contributed by atoms with E-state index in [2.05, 4.69) is 10.2 Å². The topological polar surface area (TPSA) is 91.9 Å². The van der Waals surface area contributed by atoms with E-state index < -0.39 is 9.84 Å². The van der Waals surface area contributed by atoms with Crippen LogP contribution >= 0.6 is 0 Å². The van der Waals surface area contributed by atoms with Gasteiger partial charge in [-0.05, 0) is 20.3 Å². The highest BCUT2D eigenvalue weighted by Crippen LogP contribution is 2.22. The summed E-state index contributed by atoms with van der Waals surface area (Å²) in [6, 6.07) is 1.88. The molecule has 0 unspecified atom stereocenters. The number of hydrogen-bond acceptors (Lipinski definition) is 6. The predicted molar refractivity (Wildman–Crippen MR) is 71.6 cm³/mol. The highest BCUT2D eigenvalue weighted by atomic mass is 32.2. The molecule has 19 heavy (non-hydrogen) atoms. The zero-order valence-electron chi connectivity index (χ0n) is 11.7. The third kappa shape index (κ3) is 3.44. The summed E-state index contributed by atoms with van der Waals surface area (Å²) in [7, 11) is 0.0641. The molecule has 0 atom stereocenters. The molecule has 0 N–H and O–H groups in total. The van der Waals surface area contributed by atoms with Crippen LogP contribution in [-0.2, 0) is 9.84 Å². The summed E-state index contributed by atoms with van der Waals surface area (Å²) in [4.78, 5) is 1.72. The molecule has 1 aromatic rings. The van der Waals surface area contributed by atoms with Gasteiger partial charge in [0, 0.05) is 26.6 Å². The lowest BCUT2D eigenvalue weighted by atomic mass is 10.4. The van der Waals surface area contributed by atoms with Crippen LogP contribution in [0.5, 0.6) is 0 Å². The Bertz CT molecular complexity index is 568. The van der Waals surface area contributed by atoms with Crippen molar-refractivity contribution in [3.05, 3.63) is 0 Å². The van der Waals surface area contributed by atoms with E-state index in [0.717, 1.165) is 0 Å². The SMILES string of the molecule is CC(C)n1c(N(C)C)nnc1S(=O)(=O)CCCC#N. The lowest BCUT2D eigenvalue weighted by Gasteiger charge is -2.17. The lowest BCUT2D eigenvalue weighted by Crippen LogP contribution is -2.20. The molecule has 0 saturated heterocycles. The summed E-state index contributed by atoms with van der Waals surface area (Å²) in [6.07, 6.45) is 0.524. The van der Waals surface area contributed by atoms with Crippen molar-refractivity contribution in [1.82, 2.24) is 14.8 Å². The maximum absolute atomic E-state index is 12.2. The van der Waals surface area contributed by atoms with Gasteiger partial charge in [0.05, 0.1) is 11.8 Å². The standard InChI is InChI=1S/C11H19N5O2S/c1-9(2)16-10(15(3)4)13-14-11(16)19(17,18)8-6-5-7-12/h9H,5-6,8H2,1-4H3. The third-order valence-corrected chi connectivity index (χ3v) is 4.20. The molecule has 0 fully saturated rings. The van der Waals surface area contributed by atoms with Crippen LogP contribution in [0.4, 0.5) is 5.95 Å². The molecular formula is C11H19N5O2S. The van der Waals surface area contributed by atoms with Crippen molar-refractivity contribution < 1.29 is 8.42 Å². The number of nitriles is 1. The number of unbranched alkanes of at least 4 members (excludes halogenated alkanes) is 1. The predicted octanol–water partition coefficient (Wildman–Crippen LogP) is 1.00. The van der Waals surface area contributed by atoms with Crippen LogP contribution in [0.25, 0.3) is 0 Å². The Kier molecular flexibility index (Phi) is 4.89. The fourth-order valence-corrected chi connectivity index (χ4v) is 3.14. The second-order valence-corrected chi connectivity index (χ2v) is 6.72. The minimum absolute atomic E-state index is 0.0239. The highest BCUT2D eigenvalue weighted by molar-refractivity contribution is 7.91. The first-order valence-electron chi connectivity index (χ1n) is 6.03. The molecule has 0 saturated carbocycles. The molecule has 0 bridgehead atoms. The van der Waals surface area contributed by atoms with Crippen molar-refractivity contribution in [3.8, 4) is 6.07 Å². The molecule has 0 spiro atoms. The van der Waals surface area contributed by atoms with Gasteiger partial charge in [0.1, 0.15) is 0 Å². The summed E-state index contributed by atoms with van der Waals surface area (Å²) in [5.41, 5.74) is 0. The van der Waals surface area contributed by atoms with Crippen LogP contribution < -0.4 is 4.90 Å². The van der Waals surface area contributed by atoms with Crippen LogP contribution in [0.15, 0.2) is 5.16 Å². The molecule has 0 aliphatic carbocycles. The van der Waals surface area contributed by atoms with Gasteiger partial charge >= 0.3 is 0 Å². The van der Waals surface area contributed by atoms with Crippen molar-refractivity contribution >= 4 is 15.8 Å². The number of anilines is 1. The van der Waals surface area contributed by atoms with Crippen LogP contribution in [0.2, 0.25) is 0 Å².